The van der Waals surface area contributed by atoms with Gasteiger partial charge in [0, 0.05) is 0 Å². The molecule has 1 rings (SSSR count). The van der Waals surface area contributed by atoms with Crippen molar-refractivity contribution < 1.29 is 38.7 Å². The second kappa shape index (κ2) is 27.8. The van der Waals surface area contributed by atoms with Gasteiger partial charge in [-0.05, 0) is 38.0 Å². The van der Waals surface area contributed by atoms with E-state index in [1.807, 2.05) is 0 Å². The lowest BCUT2D eigenvalue weighted by atomic mass is 9.93. The zero-order valence-corrected chi connectivity index (χ0v) is 29.5. The molecule has 0 heterocycles. The summed E-state index contributed by atoms with van der Waals surface area (Å²) in [6.45, 7) is 5.63. The molecule has 0 radical (unpaired) electrons. The minimum atomic E-state index is -1.39. The second-order valence-corrected chi connectivity index (χ2v) is 12.9. The zero-order valence-electron chi connectivity index (χ0n) is 29.5. The molecule has 0 bridgehead atoms. The molecule has 46 heavy (non-hydrogen) atoms. The normalized spacial score (nSPS) is 11.4. The van der Waals surface area contributed by atoms with Gasteiger partial charge in [-0.3, -0.25) is 4.79 Å². The summed E-state index contributed by atoms with van der Waals surface area (Å²) < 4.78 is 22.6. The van der Waals surface area contributed by atoms with Crippen molar-refractivity contribution in [3.05, 3.63) is 23.8 Å². The van der Waals surface area contributed by atoms with Crippen LogP contribution in [-0.4, -0.2) is 61.8 Å². The number of carbonyl (C=O) groups excluding carboxylic acids is 2. The summed E-state index contributed by atoms with van der Waals surface area (Å²) in [6, 6.07) is 5.08. The minimum absolute atomic E-state index is 0.150. The van der Waals surface area contributed by atoms with Crippen LogP contribution in [0.15, 0.2) is 18.2 Å². The molecule has 0 aliphatic carbocycles. The molecule has 1 aromatic rings. The van der Waals surface area contributed by atoms with Gasteiger partial charge in [-0.15, -0.1) is 0 Å². The molecule has 0 fully saturated rings. The maximum absolute atomic E-state index is 12.7. The molecule has 0 aliphatic rings. The van der Waals surface area contributed by atoms with Gasteiger partial charge in [0.25, 0.3) is 0 Å². The van der Waals surface area contributed by atoms with Gasteiger partial charge < -0.3 is 29.2 Å². The first-order valence-corrected chi connectivity index (χ1v) is 18.4. The summed E-state index contributed by atoms with van der Waals surface area (Å²) in [4.78, 5) is 24.8. The van der Waals surface area contributed by atoms with Crippen molar-refractivity contribution in [3.8, 4) is 11.5 Å². The standard InChI is InChI=1S/C38H66O8/c1-4-6-8-10-12-14-16-18-20-22-26-43-34-25-24-33(36(41)45-28-29-46-37(42)38(3,31-39)32-40)30-35(34)44-27-23-21-19-17-15-13-11-9-7-5-2/h24-25,30,39-40H,4-23,26-29,31-32H2,1-3H3. The van der Waals surface area contributed by atoms with Gasteiger partial charge in [0.1, 0.15) is 18.6 Å². The Hall–Kier alpha value is -2.32. The minimum Gasteiger partial charge on any atom is -0.490 e. The third-order valence-corrected chi connectivity index (χ3v) is 8.43. The fourth-order valence-electron chi connectivity index (χ4n) is 5.12. The van der Waals surface area contributed by atoms with Crippen molar-refractivity contribution in [2.24, 2.45) is 5.41 Å². The van der Waals surface area contributed by atoms with E-state index in [2.05, 4.69) is 13.8 Å². The number of hydrogen-bond donors (Lipinski definition) is 2. The lowest BCUT2D eigenvalue weighted by Crippen LogP contribution is -2.37. The number of unbranched alkanes of at least 4 members (excludes halogenated alkanes) is 18. The second-order valence-electron chi connectivity index (χ2n) is 12.9. The van der Waals surface area contributed by atoms with Crippen LogP contribution in [0.2, 0.25) is 0 Å². The quantitative estimate of drug-likeness (QED) is 0.0605. The zero-order chi connectivity index (χ0) is 33.7. The Balaban J connectivity index is 2.54. The summed E-state index contributed by atoms with van der Waals surface area (Å²) in [7, 11) is 0. The van der Waals surface area contributed by atoms with Gasteiger partial charge in [0.15, 0.2) is 11.5 Å². The van der Waals surface area contributed by atoms with Crippen LogP contribution in [0.3, 0.4) is 0 Å². The van der Waals surface area contributed by atoms with Crippen molar-refractivity contribution >= 4 is 11.9 Å². The summed E-state index contributed by atoms with van der Waals surface area (Å²) in [5, 5.41) is 18.7. The monoisotopic (exact) mass is 650 g/mol. The number of esters is 2. The van der Waals surface area contributed by atoms with Crippen molar-refractivity contribution in [1.82, 2.24) is 0 Å². The summed E-state index contributed by atoms with van der Waals surface area (Å²) >= 11 is 0. The van der Waals surface area contributed by atoms with Gasteiger partial charge in [-0.25, -0.2) is 4.79 Å². The Bertz CT molecular complexity index is 899. The van der Waals surface area contributed by atoms with E-state index in [-0.39, 0.29) is 13.2 Å². The number of aliphatic hydroxyl groups is 2. The average Bonchev–Trinajstić information content (AvgIpc) is 3.07. The Morgan fingerprint density at radius 3 is 1.43 bits per heavy atom. The van der Waals surface area contributed by atoms with Crippen LogP contribution in [0, 0.1) is 5.41 Å². The number of hydrogen-bond acceptors (Lipinski definition) is 8. The highest BCUT2D eigenvalue weighted by Gasteiger charge is 2.33. The lowest BCUT2D eigenvalue weighted by molar-refractivity contribution is -0.161. The van der Waals surface area contributed by atoms with Gasteiger partial charge in [0.2, 0.25) is 0 Å². The van der Waals surface area contributed by atoms with Crippen LogP contribution >= 0.6 is 0 Å². The van der Waals surface area contributed by atoms with E-state index in [0.29, 0.717) is 30.3 Å². The van der Waals surface area contributed by atoms with Crippen LogP contribution in [0.1, 0.15) is 160 Å². The molecule has 0 saturated carbocycles. The third kappa shape index (κ3) is 19.4. The number of aliphatic hydroxyl groups excluding tert-OH is 2. The largest absolute Gasteiger partial charge is 0.490 e. The Labute approximate surface area is 279 Å². The van der Waals surface area contributed by atoms with E-state index in [1.54, 1.807) is 18.2 Å². The molecule has 2 N–H and O–H groups in total. The average molecular weight is 651 g/mol. The maximum Gasteiger partial charge on any atom is 0.338 e. The summed E-state index contributed by atoms with van der Waals surface area (Å²) in [5.74, 6) is -0.153. The van der Waals surface area contributed by atoms with E-state index < -0.39 is 30.6 Å². The Morgan fingerprint density at radius 1 is 0.565 bits per heavy atom. The summed E-state index contributed by atoms with van der Waals surface area (Å²) in [6.07, 6.45) is 25.0. The van der Waals surface area contributed by atoms with Gasteiger partial charge >= 0.3 is 11.9 Å². The number of ether oxygens (including phenoxy) is 4. The SMILES string of the molecule is CCCCCCCCCCCCOc1ccc(C(=O)OCCOC(=O)C(C)(CO)CO)cc1OCCCCCCCCCCCC. The molecule has 0 spiro atoms. The molecule has 8 heteroatoms. The number of benzene rings is 1. The predicted octanol–water partition coefficient (Wildman–Crippen LogP) is 8.98. The van der Waals surface area contributed by atoms with E-state index in [0.717, 1.165) is 25.7 Å². The van der Waals surface area contributed by atoms with E-state index in [4.69, 9.17) is 18.9 Å². The molecule has 0 amide bonds. The van der Waals surface area contributed by atoms with Gasteiger partial charge in [-0.2, -0.15) is 0 Å². The number of rotatable bonds is 31. The molecule has 266 valence electrons. The molecular weight excluding hydrogens is 584 g/mol. The fourth-order valence-corrected chi connectivity index (χ4v) is 5.12. The van der Waals surface area contributed by atoms with Crippen LogP contribution < -0.4 is 9.47 Å². The van der Waals surface area contributed by atoms with Crippen LogP contribution in [0.25, 0.3) is 0 Å². The molecule has 0 atom stereocenters. The van der Waals surface area contributed by atoms with Crippen molar-refractivity contribution in [2.75, 3.05) is 39.6 Å². The Kier molecular flexibility index (Phi) is 25.2. The van der Waals surface area contributed by atoms with Crippen molar-refractivity contribution in [1.29, 1.82) is 0 Å². The molecule has 0 aromatic heterocycles. The first kappa shape index (κ1) is 41.7. The Morgan fingerprint density at radius 2 is 0.978 bits per heavy atom. The highest BCUT2D eigenvalue weighted by molar-refractivity contribution is 5.90. The van der Waals surface area contributed by atoms with Crippen LogP contribution in [0.4, 0.5) is 0 Å². The first-order chi connectivity index (χ1) is 22.4. The molecule has 8 nitrogen and oxygen atoms in total. The highest BCUT2D eigenvalue weighted by atomic mass is 16.6. The molecule has 0 unspecified atom stereocenters. The molecule has 0 saturated heterocycles. The third-order valence-electron chi connectivity index (χ3n) is 8.43. The van der Waals surface area contributed by atoms with Gasteiger partial charge in [-0.1, -0.05) is 129 Å². The van der Waals surface area contributed by atoms with Crippen molar-refractivity contribution in [2.45, 2.75) is 149 Å². The smallest absolute Gasteiger partial charge is 0.338 e. The molecule has 0 aliphatic heterocycles. The topological polar surface area (TPSA) is 112 Å². The molecule has 1 aromatic carbocycles. The van der Waals surface area contributed by atoms with Crippen molar-refractivity contribution in [3.63, 3.8) is 0 Å². The first-order valence-electron chi connectivity index (χ1n) is 18.4. The van der Waals surface area contributed by atoms with E-state index in [1.165, 1.54) is 110 Å². The van der Waals surface area contributed by atoms with E-state index >= 15 is 0 Å². The highest BCUT2D eigenvalue weighted by Crippen LogP contribution is 2.30. The molecular formula is C38H66O8. The predicted molar refractivity (Wildman–Crippen MR) is 185 cm³/mol. The van der Waals surface area contributed by atoms with Gasteiger partial charge in [0.05, 0.1) is 32.0 Å². The lowest BCUT2D eigenvalue weighted by Gasteiger charge is -2.22. The van der Waals surface area contributed by atoms with Crippen LogP contribution in [0.5, 0.6) is 11.5 Å². The fraction of sp³-hybridized carbons (Fsp3) is 0.789. The summed E-state index contributed by atoms with van der Waals surface area (Å²) in [5.41, 5.74) is -1.07. The maximum atomic E-state index is 12.7. The number of carbonyl (C=O) groups is 2. The van der Waals surface area contributed by atoms with E-state index in [9.17, 15) is 19.8 Å². The van der Waals surface area contributed by atoms with Crippen LogP contribution in [-0.2, 0) is 14.3 Å².